The first kappa shape index (κ1) is 36.5. The van der Waals surface area contributed by atoms with Gasteiger partial charge in [0.1, 0.15) is 0 Å². The first-order chi connectivity index (χ1) is 12.0. The number of allylic oxidation sites excluding steroid dienone is 2. The topological polar surface area (TPSA) is 0 Å². The fourth-order valence-corrected chi connectivity index (χ4v) is 0.247. The number of hydrogen-bond acceptors (Lipinski definition) is 0. The molecular weight excluding hydrogens is 448 g/mol. The highest BCUT2D eigenvalue weighted by Gasteiger charge is 2.25. The summed E-state index contributed by atoms with van der Waals surface area (Å²) in [6.45, 7) is 6.67. The third-order valence-corrected chi connectivity index (χ3v) is 0.546. The van der Waals surface area contributed by atoms with E-state index < -0.39 is 54.9 Å². The SMILES string of the molecule is C=C(F)F.C=C(F)F.C=C(F)F.FC(F)=CC(F)(F)F.FC(F)=CC(F)(F)F. The van der Waals surface area contributed by atoms with Gasteiger partial charge in [0.2, 0.25) is 0 Å². The molecule has 0 aromatic heterocycles. The van der Waals surface area contributed by atoms with Crippen molar-refractivity contribution >= 4 is 0 Å². The summed E-state index contributed by atoms with van der Waals surface area (Å²) in [6.07, 6.45) is -22.9. The second-order valence-corrected chi connectivity index (χ2v) is 2.97. The molecule has 0 radical (unpaired) electrons. The normalized spacial score (nSPS) is 9.14. The standard InChI is InChI=1S/2C3HF5.3C2H2F2/c2*4-2(5)1-3(6,7)8;3*1-2(3)4/h2*1H;3*1H2. The van der Waals surface area contributed by atoms with E-state index in [1.165, 1.54) is 0 Å². The van der Waals surface area contributed by atoms with Crippen molar-refractivity contribution in [3.63, 3.8) is 0 Å². The number of halogens is 16. The summed E-state index contributed by atoms with van der Waals surface area (Å²) in [4.78, 5) is 0. The molecule has 0 aromatic rings. The summed E-state index contributed by atoms with van der Waals surface area (Å²) >= 11 is 0. The smallest absolute Gasteiger partial charge is 0.174 e. The van der Waals surface area contributed by atoms with Crippen LogP contribution in [0.25, 0.3) is 0 Å². The molecule has 0 saturated heterocycles. The Morgan fingerprint density at radius 2 is 0.536 bits per heavy atom. The average molecular weight is 456 g/mol. The van der Waals surface area contributed by atoms with Crippen LogP contribution in [0, 0.1) is 0 Å². The molecule has 28 heavy (non-hydrogen) atoms. The fraction of sp³-hybridized carbons (Fsp3) is 0.167. The summed E-state index contributed by atoms with van der Waals surface area (Å²) < 4.78 is 168. The van der Waals surface area contributed by atoms with Crippen LogP contribution in [0.1, 0.15) is 0 Å². The molecular formula is C12H8F16. The Bertz CT molecular complexity index is 416. The largest absolute Gasteiger partial charge is 0.414 e. The van der Waals surface area contributed by atoms with Crippen LogP contribution >= 0.6 is 0 Å². The van der Waals surface area contributed by atoms with Gasteiger partial charge < -0.3 is 0 Å². The number of hydrogen-bond donors (Lipinski definition) is 0. The van der Waals surface area contributed by atoms with Crippen LogP contribution in [0.5, 0.6) is 0 Å². The fourth-order valence-electron chi connectivity index (χ4n) is 0.247. The van der Waals surface area contributed by atoms with Crippen molar-refractivity contribution < 1.29 is 70.2 Å². The molecule has 0 amide bonds. The molecule has 0 unspecified atom stereocenters. The molecule has 16 heteroatoms. The molecule has 0 bridgehead atoms. The maximum absolute atomic E-state index is 10.8. The third-order valence-electron chi connectivity index (χ3n) is 0.546. The zero-order valence-corrected chi connectivity index (χ0v) is 12.8. The first-order valence-electron chi connectivity index (χ1n) is 5.24. The highest BCUT2D eigenvalue weighted by molar-refractivity contribution is 4.88. The van der Waals surface area contributed by atoms with E-state index >= 15 is 0 Å². The molecule has 0 aromatic carbocycles. The van der Waals surface area contributed by atoms with Crippen molar-refractivity contribution in [3.8, 4) is 0 Å². The minimum Gasteiger partial charge on any atom is -0.174 e. The van der Waals surface area contributed by atoms with Crippen LogP contribution in [-0.2, 0) is 0 Å². The lowest BCUT2D eigenvalue weighted by atomic mass is 10.6. The van der Waals surface area contributed by atoms with Gasteiger partial charge in [-0.1, -0.05) is 0 Å². The van der Waals surface area contributed by atoms with Gasteiger partial charge in [-0.2, -0.15) is 70.2 Å². The van der Waals surface area contributed by atoms with Crippen molar-refractivity contribution in [2.45, 2.75) is 12.4 Å². The van der Waals surface area contributed by atoms with E-state index in [-0.39, 0.29) is 0 Å². The zero-order chi connectivity index (χ0) is 24.3. The molecule has 0 aliphatic rings. The van der Waals surface area contributed by atoms with E-state index in [1.807, 2.05) is 0 Å². The van der Waals surface area contributed by atoms with E-state index in [1.54, 1.807) is 0 Å². The zero-order valence-electron chi connectivity index (χ0n) is 12.8. The molecule has 0 atom stereocenters. The van der Waals surface area contributed by atoms with E-state index in [0.29, 0.717) is 0 Å². The number of alkyl halides is 6. The maximum atomic E-state index is 10.8. The molecule has 0 aliphatic heterocycles. The summed E-state index contributed by atoms with van der Waals surface area (Å²) in [5.41, 5.74) is 0. The van der Waals surface area contributed by atoms with Crippen LogP contribution in [0.15, 0.2) is 62.3 Å². The van der Waals surface area contributed by atoms with Gasteiger partial charge in [-0.05, 0) is 19.7 Å². The molecule has 168 valence electrons. The molecule has 0 N–H and O–H groups in total. The lowest BCUT2D eigenvalue weighted by Crippen LogP contribution is -2.00. The van der Waals surface area contributed by atoms with E-state index in [0.717, 1.165) is 0 Å². The molecule has 0 fully saturated rings. The van der Waals surface area contributed by atoms with Crippen molar-refractivity contribution in [1.29, 1.82) is 0 Å². The van der Waals surface area contributed by atoms with Gasteiger partial charge in [-0.3, -0.25) is 0 Å². The van der Waals surface area contributed by atoms with Gasteiger partial charge in [0, 0.05) is 0 Å². The summed E-state index contributed by atoms with van der Waals surface area (Å²) in [6, 6.07) is 0. The second-order valence-electron chi connectivity index (χ2n) is 2.97. The Balaban J connectivity index is -0.0000000824. The Morgan fingerprint density at radius 1 is 0.429 bits per heavy atom. The quantitative estimate of drug-likeness (QED) is 0.320. The predicted molar refractivity (Wildman–Crippen MR) is 66.8 cm³/mol. The van der Waals surface area contributed by atoms with Gasteiger partial charge in [0.05, 0.1) is 12.2 Å². The van der Waals surface area contributed by atoms with Crippen molar-refractivity contribution in [2.75, 3.05) is 0 Å². The van der Waals surface area contributed by atoms with Crippen LogP contribution < -0.4 is 0 Å². The van der Waals surface area contributed by atoms with E-state index in [9.17, 15) is 70.2 Å². The molecule has 0 heterocycles. The summed E-state index contributed by atoms with van der Waals surface area (Å²) in [5, 5.41) is 0. The molecule has 0 spiro atoms. The lowest BCUT2D eigenvalue weighted by Gasteiger charge is -1.93. The van der Waals surface area contributed by atoms with Gasteiger partial charge >= 0.3 is 12.4 Å². The van der Waals surface area contributed by atoms with Gasteiger partial charge in [0.15, 0.2) is 0 Å². The second kappa shape index (κ2) is 19.3. The first-order valence-corrected chi connectivity index (χ1v) is 5.24. The predicted octanol–water partition coefficient (Wildman–Crippen LogP) is 8.85. The third kappa shape index (κ3) is 209. The summed E-state index contributed by atoms with van der Waals surface area (Å²) in [7, 11) is 0. The Morgan fingerprint density at radius 3 is 0.536 bits per heavy atom. The van der Waals surface area contributed by atoms with Crippen LogP contribution in [-0.4, -0.2) is 12.4 Å². The van der Waals surface area contributed by atoms with Gasteiger partial charge in [-0.25, -0.2) is 0 Å². The van der Waals surface area contributed by atoms with Crippen molar-refractivity contribution in [1.82, 2.24) is 0 Å². The molecule has 0 rings (SSSR count). The average Bonchev–Trinajstić information content (AvgIpc) is 2.17. The van der Waals surface area contributed by atoms with E-state index in [4.69, 9.17) is 0 Å². The van der Waals surface area contributed by atoms with Crippen LogP contribution in [0.2, 0.25) is 0 Å². The summed E-state index contributed by atoms with van der Waals surface area (Å²) in [5.74, 6) is 0. The van der Waals surface area contributed by atoms with E-state index in [2.05, 4.69) is 19.7 Å². The molecule has 0 aliphatic carbocycles. The minimum absolute atomic E-state index is 1.06. The lowest BCUT2D eigenvalue weighted by molar-refractivity contribution is -0.0837. The Kier molecular flexibility index (Phi) is 25.2. The molecule has 0 saturated carbocycles. The maximum Gasteiger partial charge on any atom is 0.414 e. The van der Waals surface area contributed by atoms with Crippen molar-refractivity contribution in [3.05, 3.63) is 62.3 Å². The van der Waals surface area contributed by atoms with Crippen LogP contribution in [0.3, 0.4) is 0 Å². The van der Waals surface area contributed by atoms with Crippen molar-refractivity contribution in [2.24, 2.45) is 0 Å². The number of rotatable bonds is 0. The monoisotopic (exact) mass is 456 g/mol. The van der Waals surface area contributed by atoms with Crippen LogP contribution in [0.4, 0.5) is 70.2 Å². The molecule has 0 nitrogen and oxygen atoms in total. The highest BCUT2D eigenvalue weighted by atomic mass is 19.4. The van der Waals surface area contributed by atoms with Gasteiger partial charge in [-0.15, -0.1) is 0 Å². The Labute approximate surface area is 146 Å². The Hall–Kier alpha value is -2.42. The van der Waals surface area contributed by atoms with Gasteiger partial charge in [0.25, 0.3) is 30.4 Å². The highest BCUT2D eigenvalue weighted by Crippen LogP contribution is 2.19. The minimum atomic E-state index is -4.89.